The highest BCUT2D eigenvalue weighted by Crippen LogP contribution is 2.09. The Morgan fingerprint density at radius 2 is 2.27 bits per heavy atom. The SMILES string of the molecule is CCCOc1ccc2nnc(CN)n2n1. The van der Waals surface area contributed by atoms with E-state index in [4.69, 9.17) is 10.5 Å². The first-order chi connectivity index (χ1) is 7.35. The molecule has 0 spiro atoms. The van der Waals surface area contributed by atoms with Gasteiger partial charge in [-0.15, -0.1) is 15.3 Å². The maximum Gasteiger partial charge on any atom is 0.231 e. The van der Waals surface area contributed by atoms with Crippen LogP contribution < -0.4 is 10.5 Å². The third-order valence-electron chi connectivity index (χ3n) is 1.94. The highest BCUT2D eigenvalue weighted by atomic mass is 16.5. The van der Waals surface area contributed by atoms with E-state index in [2.05, 4.69) is 15.3 Å². The molecular weight excluding hydrogens is 194 g/mol. The molecular formula is C9H13N5O. The maximum atomic E-state index is 5.51. The second kappa shape index (κ2) is 4.22. The minimum atomic E-state index is 0.311. The van der Waals surface area contributed by atoms with Gasteiger partial charge in [-0.1, -0.05) is 6.92 Å². The van der Waals surface area contributed by atoms with Crippen LogP contribution in [0.1, 0.15) is 19.2 Å². The van der Waals surface area contributed by atoms with Crippen LogP contribution >= 0.6 is 0 Å². The molecule has 0 aromatic carbocycles. The molecule has 6 heteroatoms. The first-order valence-corrected chi connectivity index (χ1v) is 4.89. The third-order valence-corrected chi connectivity index (χ3v) is 1.94. The van der Waals surface area contributed by atoms with Gasteiger partial charge in [0.1, 0.15) is 0 Å². The average molecular weight is 207 g/mol. The van der Waals surface area contributed by atoms with Gasteiger partial charge in [0, 0.05) is 6.07 Å². The Morgan fingerprint density at radius 1 is 1.40 bits per heavy atom. The molecule has 6 nitrogen and oxygen atoms in total. The van der Waals surface area contributed by atoms with Gasteiger partial charge < -0.3 is 10.5 Å². The van der Waals surface area contributed by atoms with Crippen molar-refractivity contribution >= 4 is 5.65 Å². The number of fused-ring (bicyclic) bond motifs is 1. The van der Waals surface area contributed by atoms with Crippen LogP contribution in [-0.4, -0.2) is 26.4 Å². The minimum Gasteiger partial charge on any atom is -0.477 e. The van der Waals surface area contributed by atoms with Gasteiger partial charge in [-0.3, -0.25) is 0 Å². The van der Waals surface area contributed by atoms with Crippen molar-refractivity contribution in [3.63, 3.8) is 0 Å². The standard InChI is InChI=1S/C9H13N5O/c1-2-5-15-9-4-3-7-11-12-8(6-10)14(7)13-9/h3-4H,2,5-6,10H2,1H3. The summed E-state index contributed by atoms with van der Waals surface area (Å²) in [5, 5.41) is 12.1. The van der Waals surface area contributed by atoms with E-state index < -0.39 is 0 Å². The molecule has 0 aliphatic carbocycles. The number of ether oxygens (including phenoxy) is 1. The number of nitrogens with zero attached hydrogens (tertiary/aromatic N) is 4. The molecule has 80 valence electrons. The zero-order valence-electron chi connectivity index (χ0n) is 8.55. The predicted octanol–water partition coefficient (Wildman–Crippen LogP) is 0.372. The fourth-order valence-corrected chi connectivity index (χ4v) is 1.23. The summed E-state index contributed by atoms with van der Waals surface area (Å²) in [5.74, 6) is 1.20. The Kier molecular flexibility index (Phi) is 2.77. The van der Waals surface area contributed by atoms with E-state index in [-0.39, 0.29) is 0 Å². The van der Waals surface area contributed by atoms with Crippen molar-refractivity contribution in [1.82, 2.24) is 19.8 Å². The Morgan fingerprint density at radius 3 is 3.00 bits per heavy atom. The Hall–Kier alpha value is -1.69. The van der Waals surface area contributed by atoms with Crippen LogP contribution in [0.4, 0.5) is 0 Å². The molecule has 0 aliphatic rings. The molecule has 2 aromatic rings. The monoisotopic (exact) mass is 207 g/mol. The number of hydrogen-bond donors (Lipinski definition) is 1. The minimum absolute atomic E-state index is 0.311. The first-order valence-electron chi connectivity index (χ1n) is 4.89. The van der Waals surface area contributed by atoms with Crippen LogP contribution in [-0.2, 0) is 6.54 Å². The summed E-state index contributed by atoms with van der Waals surface area (Å²) in [6.45, 7) is 3.01. The normalized spacial score (nSPS) is 10.8. The topological polar surface area (TPSA) is 78.3 Å². The summed E-state index contributed by atoms with van der Waals surface area (Å²) < 4.78 is 7.01. The van der Waals surface area contributed by atoms with Gasteiger partial charge in [-0.2, -0.15) is 4.52 Å². The van der Waals surface area contributed by atoms with E-state index in [0.717, 1.165) is 6.42 Å². The van der Waals surface area contributed by atoms with Crippen molar-refractivity contribution in [2.75, 3.05) is 6.61 Å². The molecule has 2 heterocycles. The number of rotatable bonds is 4. The summed E-state index contributed by atoms with van der Waals surface area (Å²) in [6, 6.07) is 3.59. The van der Waals surface area contributed by atoms with Crippen molar-refractivity contribution < 1.29 is 4.74 Å². The van der Waals surface area contributed by atoms with Crippen molar-refractivity contribution in [2.45, 2.75) is 19.9 Å². The molecule has 2 N–H and O–H groups in total. The molecule has 15 heavy (non-hydrogen) atoms. The Bertz CT molecular complexity index is 453. The van der Waals surface area contributed by atoms with Gasteiger partial charge in [-0.25, -0.2) is 0 Å². The summed E-state index contributed by atoms with van der Waals surface area (Å²) >= 11 is 0. The van der Waals surface area contributed by atoms with E-state index in [1.54, 1.807) is 10.6 Å². The largest absolute Gasteiger partial charge is 0.477 e. The molecule has 2 aromatic heterocycles. The van der Waals surface area contributed by atoms with Gasteiger partial charge in [0.05, 0.1) is 13.2 Å². The first kappa shape index (κ1) is 9.85. The fourth-order valence-electron chi connectivity index (χ4n) is 1.23. The van der Waals surface area contributed by atoms with E-state index in [1.165, 1.54) is 0 Å². The van der Waals surface area contributed by atoms with Crippen molar-refractivity contribution in [3.05, 3.63) is 18.0 Å². The van der Waals surface area contributed by atoms with Crippen LogP contribution in [0.25, 0.3) is 5.65 Å². The summed E-state index contributed by atoms with van der Waals surface area (Å²) in [5.41, 5.74) is 6.19. The predicted molar refractivity (Wildman–Crippen MR) is 54.5 cm³/mol. The molecule has 0 fully saturated rings. The van der Waals surface area contributed by atoms with Crippen LogP contribution in [0.2, 0.25) is 0 Å². The fraction of sp³-hybridized carbons (Fsp3) is 0.444. The molecule has 2 rings (SSSR count). The number of nitrogens with two attached hydrogens (primary N) is 1. The van der Waals surface area contributed by atoms with Crippen molar-refractivity contribution in [2.24, 2.45) is 5.73 Å². The zero-order chi connectivity index (χ0) is 10.7. The van der Waals surface area contributed by atoms with Crippen LogP contribution in [0, 0.1) is 0 Å². The maximum absolute atomic E-state index is 5.51. The molecule has 0 unspecified atom stereocenters. The van der Waals surface area contributed by atoms with Gasteiger partial charge in [0.15, 0.2) is 11.5 Å². The quantitative estimate of drug-likeness (QED) is 0.783. The zero-order valence-corrected chi connectivity index (χ0v) is 8.55. The van der Waals surface area contributed by atoms with E-state index in [0.29, 0.717) is 30.5 Å². The lowest BCUT2D eigenvalue weighted by Crippen LogP contribution is -2.06. The Labute approximate surface area is 87.1 Å². The molecule has 0 aliphatic heterocycles. The molecule has 0 saturated heterocycles. The molecule has 0 amide bonds. The van der Waals surface area contributed by atoms with Crippen molar-refractivity contribution in [3.8, 4) is 5.88 Å². The van der Waals surface area contributed by atoms with Crippen LogP contribution in [0.15, 0.2) is 12.1 Å². The third kappa shape index (κ3) is 1.89. The van der Waals surface area contributed by atoms with Gasteiger partial charge in [-0.05, 0) is 12.5 Å². The smallest absolute Gasteiger partial charge is 0.231 e. The lowest BCUT2D eigenvalue weighted by molar-refractivity contribution is 0.300. The lowest BCUT2D eigenvalue weighted by atomic mass is 10.5. The molecule has 0 bridgehead atoms. The summed E-state index contributed by atoms with van der Waals surface area (Å²) in [4.78, 5) is 0. The molecule has 0 atom stereocenters. The van der Waals surface area contributed by atoms with E-state index >= 15 is 0 Å². The Balaban J connectivity index is 2.35. The van der Waals surface area contributed by atoms with Gasteiger partial charge in [0.2, 0.25) is 5.88 Å². The highest BCUT2D eigenvalue weighted by Gasteiger charge is 2.05. The summed E-state index contributed by atoms with van der Waals surface area (Å²) in [7, 11) is 0. The highest BCUT2D eigenvalue weighted by molar-refractivity contribution is 5.37. The number of hydrogen-bond acceptors (Lipinski definition) is 5. The van der Waals surface area contributed by atoms with Crippen molar-refractivity contribution in [1.29, 1.82) is 0 Å². The van der Waals surface area contributed by atoms with Gasteiger partial charge >= 0.3 is 0 Å². The van der Waals surface area contributed by atoms with Gasteiger partial charge in [0.25, 0.3) is 0 Å². The van der Waals surface area contributed by atoms with E-state index in [9.17, 15) is 0 Å². The van der Waals surface area contributed by atoms with Crippen LogP contribution in [0.3, 0.4) is 0 Å². The molecule has 0 radical (unpaired) electrons. The molecule has 0 saturated carbocycles. The summed E-state index contributed by atoms with van der Waals surface area (Å²) in [6.07, 6.45) is 0.950. The second-order valence-corrected chi connectivity index (χ2v) is 3.11. The average Bonchev–Trinajstić information content (AvgIpc) is 2.68. The second-order valence-electron chi connectivity index (χ2n) is 3.11. The van der Waals surface area contributed by atoms with Crippen LogP contribution in [0.5, 0.6) is 5.88 Å². The van der Waals surface area contributed by atoms with E-state index in [1.807, 2.05) is 13.0 Å². The number of aromatic nitrogens is 4. The lowest BCUT2D eigenvalue weighted by Gasteiger charge is -2.03.